The van der Waals surface area contributed by atoms with Crippen molar-refractivity contribution in [3.05, 3.63) is 82.9 Å². The summed E-state index contributed by atoms with van der Waals surface area (Å²) in [7, 11) is 0. The molecule has 0 bridgehead atoms. The van der Waals surface area contributed by atoms with Gasteiger partial charge in [-0.15, -0.1) is 0 Å². The highest BCUT2D eigenvalue weighted by molar-refractivity contribution is 6.31. The van der Waals surface area contributed by atoms with Crippen molar-refractivity contribution >= 4 is 23.3 Å². The van der Waals surface area contributed by atoms with E-state index in [1.165, 1.54) is 12.1 Å². The molecule has 0 saturated carbocycles. The van der Waals surface area contributed by atoms with Crippen LogP contribution in [0.25, 0.3) is 0 Å². The average molecular weight is 451 g/mol. The van der Waals surface area contributed by atoms with E-state index in [0.29, 0.717) is 17.4 Å². The van der Waals surface area contributed by atoms with Crippen LogP contribution in [-0.2, 0) is 19.3 Å². The summed E-state index contributed by atoms with van der Waals surface area (Å²) in [5, 5.41) is 3.30. The van der Waals surface area contributed by atoms with Crippen molar-refractivity contribution in [2.24, 2.45) is 0 Å². The molecule has 5 nitrogen and oxygen atoms in total. The molecular formula is C22H22ClF3N4O. The summed E-state index contributed by atoms with van der Waals surface area (Å²) in [5.41, 5.74) is 0.435. The maximum absolute atomic E-state index is 12.8. The summed E-state index contributed by atoms with van der Waals surface area (Å²) in [4.78, 5) is 18.7. The number of hydrogen-bond acceptors (Lipinski definition) is 2. The molecule has 0 saturated heterocycles. The summed E-state index contributed by atoms with van der Waals surface area (Å²) >= 11 is 6.25. The maximum Gasteiger partial charge on any atom is 0.416 e. The molecule has 0 aliphatic carbocycles. The number of urea groups is 1. The Morgan fingerprint density at radius 3 is 2.45 bits per heavy atom. The zero-order chi connectivity index (χ0) is 22.6. The molecule has 164 valence electrons. The lowest BCUT2D eigenvalue weighted by atomic mass is 10.2. The van der Waals surface area contributed by atoms with Gasteiger partial charge in [0, 0.05) is 29.1 Å². The van der Waals surface area contributed by atoms with Crippen molar-refractivity contribution < 1.29 is 18.0 Å². The lowest BCUT2D eigenvalue weighted by Gasteiger charge is -2.27. The Morgan fingerprint density at radius 1 is 1.16 bits per heavy atom. The molecule has 1 heterocycles. The molecule has 0 aliphatic rings. The predicted molar refractivity (Wildman–Crippen MR) is 114 cm³/mol. The average Bonchev–Trinajstić information content (AvgIpc) is 3.14. The van der Waals surface area contributed by atoms with Crippen LogP contribution >= 0.6 is 11.6 Å². The Labute approximate surface area is 183 Å². The minimum absolute atomic E-state index is 0.167. The highest BCUT2D eigenvalue weighted by Gasteiger charge is 2.30. The monoisotopic (exact) mass is 450 g/mol. The number of carbonyl (C=O) groups excluding carboxylic acids is 1. The third kappa shape index (κ3) is 5.79. The van der Waals surface area contributed by atoms with Gasteiger partial charge in [0.15, 0.2) is 0 Å². The lowest BCUT2D eigenvalue weighted by Crippen LogP contribution is -2.40. The number of benzene rings is 2. The Morgan fingerprint density at radius 2 is 1.84 bits per heavy atom. The number of aromatic nitrogens is 2. The van der Waals surface area contributed by atoms with Crippen LogP contribution < -0.4 is 5.32 Å². The molecule has 1 N–H and O–H groups in total. The molecule has 9 heteroatoms. The number of halogens is 4. The van der Waals surface area contributed by atoms with Gasteiger partial charge in [0.1, 0.15) is 5.82 Å². The fourth-order valence-corrected chi connectivity index (χ4v) is 3.22. The van der Waals surface area contributed by atoms with Crippen molar-refractivity contribution in [3.8, 4) is 0 Å². The molecule has 0 spiro atoms. The molecule has 1 aromatic heterocycles. The summed E-state index contributed by atoms with van der Waals surface area (Å²) in [6, 6.07) is 11.2. The summed E-state index contributed by atoms with van der Waals surface area (Å²) in [5.74, 6) is 0.663. The van der Waals surface area contributed by atoms with Gasteiger partial charge in [-0.25, -0.2) is 9.78 Å². The molecule has 0 fully saturated rings. The van der Waals surface area contributed by atoms with Crippen molar-refractivity contribution in [1.29, 1.82) is 0 Å². The van der Waals surface area contributed by atoms with Crippen molar-refractivity contribution in [1.82, 2.24) is 14.5 Å². The maximum atomic E-state index is 12.8. The SMILES string of the molecule is CC(C)N(Cc1nccn1Cc1ccccc1Cl)C(=O)Nc1ccc(C(F)(F)F)cc1. The first kappa shape index (κ1) is 22.7. The van der Waals surface area contributed by atoms with Gasteiger partial charge in [0.25, 0.3) is 0 Å². The van der Waals surface area contributed by atoms with E-state index in [2.05, 4.69) is 10.3 Å². The van der Waals surface area contributed by atoms with E-state index in [-0.39, 0.29) is 18.3 Å². The fourth-order valence-electron chi connectivity index (χ4n) is 3.02. The van der Waals surface area contributed by atoms with Gasteiger partial charge in [-0.3, -0.25) is 0 Å². The first-order valence-corrected chi connectivity index (χ1v) is 10.0. The molecular weight excluding hydrogens is 429 g/mol. The van der Waals surface area contributed by atoms with E-state index in [4.69, 9.17) is 11.6 Å². The number of nitrogens with zero attached hydrogens (tertiary/aromatic N) is 3. The van der Waals surface area contributed by atoms with Gasteiger partial charge in [-0.1, -0.05) is 29.8 Å². The largest absolute Gasteiger partial charge is 0.416 e. The standard InChI is InChI=1S/C22H22ClF3N4O/c1-15(2)30(21(31)28-18-9-7-17(8-10-18)22(24,25)26)14-20-27-11-12-29(20)13-16-5-3-4-6-19(16)23/h3-12,15H,13-14H2,1-2H3,(H,28,31). The summed E-state index contributed by atoms with van der Waals surface area (Å²) in [6.45, 7) is 4.43. The van der Waals surface area contributed by atoms with Gasteiger partial charge in [-0.05, 0) is 49.7 Å². The number of alkyl halides is 3. The normalized spacial score (nSPS) is 11.6. The molecule has 2 amide bonds. The van der Waals surface area contributed by atoms with Gasteiger partial charge in [0.05, 0.1) is 18.7 Å². The van der Waals surface area contributed by atoms with Gasteiger partial charge in [0.2, 0.25) is 0 Å². The number of hydrogen-bond donors (Lipinski definition) is 1. The van der Waals surface area contributed by atoms with Crippen molar-refractivity contribution in [3.63, 3.8) is 0 Å². The van der Waals surface area contributed by atoms with Crippen molar-refractivity contribution in [2.75, 3.05) is 5.32 Å². The third-order valence-electron chi connectivity index (χ3n) is 4.76. The second-order valence-electron chi connectivity index (χ2n) is 7.29. The number of anilines is 1. The van der Waals surface area contributed by atoms with E-state index >= 15 is 0 Å². The van der Waals surface area contributed by atoms with Crippen LogP contribution in [0, 0.1) is 0 Å². The number of amides is 2. The van der Waals surface area contributed by atoms with E-state index in [9.17, 15) is 18.0 Å². The zero-order valence-corrected chi connectivity index (χ0v) is 17.8. The molecule has 0 aliphatic heterocycles. The van der Waals surface area contributed by atoms with E-state index in [1.54, 1.807) is 11.1 Å². The molecule has 0 unspecified atom stereocenters. The van der Waals surface area contributed by atoms with Crippen LogP contribution in [-0.4, -0.2) is 26.5 Å². The molecule has 31 heavy (non-hydrogen) atoms. The summed E-state index contributed by atoms with van der Waals surface area (Å²) in [6.07, 6.45) is -0.964. The van der Waals surface area contributed by atoms with E-state index < -0.39 is 17.8 Å². The Bertz CT molecular complexity index is 1030. The van der Waals surface area contributed by atoms with Crippen LogP contribution in [0.3, 0.4) is 0 Å². The molecule has 3 rings (SSSR count). The lowest BCUT2D eigenvalue weighted by molar-refractivity contribution is -0.137. The Kier molecular flexibility index (Phi) is 6.90. The first-order chi connectivity index (χ1) is 14.6. The Hall–Kier alpha value is -3.00. The van der Waals surface area contributed by atoms with Gasteiger partial charge < -0.3 is 14.8 Å². The first-order valence-electron chi connectivity index (χ1n) is 9.63. The molecule has 0 radical (unpaired) electrons. The van der Waals surface area contributed by atoms with E-state index in [1.807, 2.05) is 48.9 Å². The van der Waals surface area contributed by atoms with Crippen LogP contribution in [0.15, 0.2) is 60.9 Å². The number of nitrogens with one attached hydrogen (secondary N) is 1. The quantitative estimate of drug-likeness (QED) is 0.497. The highest BCUT2D eigenvalue weighted by Crippen LogP contribution is 2.30. The number of imidazole rings is 1. The van der Waals surface area contributed by atoms with Crippen LogP contribution in [0.4, 0.5) is 23.7 Å². The fraction of sp³-hybridized carbons (Fsp3) is 0.273. The Balaban J connectivity index is 1.73. The molecule has 3 aromatic rings. The molecule has 2 aromatic carbocycles. The minimum Gasteiger partial charge on any atom is -0.329 e. The van der Waals surface area contributed by atoms with E-state index in [0.717, 1.165) is 17.7 Å². The second-order valence-corrected chi connectivity index (χ2v) is 7.70. The zero-order valence-electron chi connectivity index (χ0n) is 17.0. The summed E-state index contributed by atoms with van der Waals surface area (Å²) < 4.78 is 40.1. The number of carbonyl (C=O) groups is 1. The number of rotatable bonds is 6. The van der Waals surface area contributed by atoms with Crippen LogP contribution in [0.1, 0.15) is 30.8 Å². The third-order valence-corrected chi connectivity index (χ3v) is 5.13. The predicted octanol–water partition coefficient (Wildman–Crippen LogP) is 6.05. The van der Waals surface area contributed by atoms with Crippen LogP contribution in [0.2, 0.25) is 5.02 Å². The van der Waals surface area contributed by atoms with Crippen molar-refractivity contribution in [2.45, 2.75) is 39.2 Å². The minimum atomic E-state index is -4.43. The molecule has 0 atom stereocenters. The van der Waals surface area contributed by atoms with Gasteiger partial charge in [-0.2, -0.15) is 13.2 Å². The smallest absolute Gasteiger partial charge is 0.329 e. The van der Waals surface area contributed by atoms with Crippen LogP contribution in [0.5, 0.6) is 0 Å². The highest BCUT2D eigenvalue weighted by atomic mass is 35.5. The topological polar surface area (TPSA) is 50.2 Å². The van der Waals surface area contributed by atoms with Gasteiger partial charge >= 0.3 is 12.2 Å². The second kappa shape index (κ2) is 9.43.